The lowest BCUT2D eigenvalue weighted by Crippen LogP contribution is -2.55. The van der Waals surface area contributed by atoms with E-state index in [0.29, 0.717) is 17.9 Å². The van der Waals surface area contributed by atoms with Gasteiger partial charge in [0.15, 0.2) is 0 Å². The highest BCUT2D eigenvalue weighted by atomic mass is 15.2. The van der Waals surface area contributed by atoms with Crippen LogP contribution < -0.4 is 5.73 Å². The first kappa shape index (κ1) is 11.6. The summed E-state index contributed by atoms with van der Waals surface area (Å²) < 4.78 is 0. The molecule has 0 spiro atoms. The summed E-state index contributed by atoms with van der Waals surface area (Å²) in [5.41, 5.74) is 7.55. The summed E-state index contributed by atoms with van der Waals surface area (Å²) >= 11 is 0. The van der Waals surface area contributed by atoms with Crippen LogP contribution in [0, 0.1) is 11.8 Å². The van der Waals surface area contributed by atoms with Crippen molar-refractivity contribution in [3.8, 4) is 0 Å². The van der Waals surface area contributed by atoms with Crippen LogP contribution >= 0.6 is 0 Å². The Labute approximate surface area is 98.4 Å². The van der Waals surface area contributed by atoms with Gasteiger partial charge in [-0.25, -0.2) is 0 Å². The summed E-state index contributed by atoms with van der Waals surface area (Å²) in [4.78, 5) is 2.47. The lowest BCUT2D eigenvalue weighted by molar-refractivity contribution is 0.0629. The van der Waals surface area contributed by atoms with E-state index >= 15 is 0 Å². The first-order valence-electron chi connectivity index (χ1n) is 6.18. The molecule has 1 aliphatic heterocycles. The van der Waals surface area contributed by atoms with Crippen LogP contribution in [0.1, 0.15) is 19.4 Å². The average molecular weight is 218 g/mol. The van der Waals surface area contributed by atoms with Crippen molar-refractivity contribution in [1.29, 1.82) is 0 Å². The van der Waals surface area contributed by atoms with Gasteiger partial charge >= 0.3 is 0 Å². The minimum Gasteiger partial charge on any atom is -0.327 e. The monoisotopic (exact) mass is 218 g/mol. The summed E-state index contributed by atoms with van der Waals surface area (Å²) in [7, 11) is 0. The number of likely N-dealkylation sites (tertiary alicyclic amines) is 1. The van der Waals surface area contributed by atoms with Crippen molar-refractivity contribution in [1.82, 2.24) is 4.90 Å². The second-order valence-corrected chi connectivity index (χ2v) is 5.26. The molecule has 0 bridgehead atoms. The maximum atomic E-state index is 6.15. The van der Waals surface area contributed by atoms with Gasteiger partial charge in [-0.1, -0.05) is 44.2 Å². The van der Waals surface area contributed by atoms with E-state index in [9.17, 15) is 0 Å². The molecule has 0 radical (unpaired) electrons. The Morgan fingerprint density at radius 1 is 1.25 bits per heavy atom. The van der Waals surface area contributed by atoms with Crippen molar-refractivity contribution in [2.24, 2.45) is 17.6 Å². The van der Waals surface area contributed by atoms with Gasteiger partial charge in [0.1, 0.15) is 0 Å². The molecule has 1 saturated heterocycles. The van der Waals surface area contributed by atoms with Crippen molar-refractivity contribution in [3.05, 3.63) is 35.9 Å². The highest BCUT2D eigenvalue weighted by molar-refractivity contribution is 5.15. The Balaban J connectivity index is 1.77. The minimum atomic E-state index is 0.368. The molecule has 1 unspecified atom stereocenters. The minimum absolute atomic E-state index is 0.368. The van der Waals surface area contributed by atoms with Gasteiger partial charge in [-0.15, -0.1) is 0 Å². The summed E-state index contributed by atoms with van der Waals surface area (Å²) in [6, 6.07) is 11.0. The van der Waals surface area contributed by atoms with Gasteiger partial charge in [-0.3, -0.25) is 4.90 Å². The predicted molar refractivity (Wildman–Crippen MR) is 68.0 cm³/mol. The van der Waals surface area contributed by atoms with Crippen LogP contribution in [0.4, 0.5) is 0 Å². The number of benzene rings is 1. The van der Waals surface area contributed by atoms with Crippen LogP contribution in [0.25, 0.3) is 0 Å². The first-order valence-corrected chi connectivity index (χ1v) is 6.18. The van der Waals surface area contributed by atoms with Gasteiger partial charge in [-0.2, -0.15) is 0 Å². The van der Waals surface area contributed by atoms with E-state index in [1.165, 1.54) is 5.56 Å². The second-order valence-electron chi connectivity index (χ2n) is 5.26. The quantitative estimate of drug-likeness (QED) is 0.838. The van der Waals surface area contributed by atoms with Gasteiger partial charge in [0, 0.05) is 25.7 Å². The van der Waals surface area contributed by atoms with Crippen molar-refractivity contribution < 1.29 is 0 Å². The third-order valence-electron chi connectivity index (χ3n) is 3.55. The van der Waals surface area contributed by atoms with Crippen LogP contribution in [-0.2, 0) is 6.54 Å². The Bertz CT molecular complexity index is 315. The van der Waals surface area contributed by atoms with Crippen molar-refractivity contribution in [2.75, 3.05) is 13.1 Å². The maximum absolute atomic E-state index is 6.15. The molecule has 1 aliphatic rings. The molecule has 2 nitrogen and oxygen atoms in total. The van der Waals surface area contributed by atoms with Gasteiger partial charge in [0.25, 0.3) is 0 Å². The smallest absolute Gasteiger partial charge is 0.0234 e. The van der Waals surface area contributed by atoms with Gasteiger partial charge in [-0.05, 0) is 17.4 Å². The van der Waals surface area contributed by atoms with E-state index < -0.39 is 0 Å². The topological polar surface area (TPSA) is 29.3 Å². The third-order valence-corrected chi connectivity index (χ3v) is 3.55. The predicted octanol–water partition coefficient (Wildman–Crippen LogP) is 2.10. The normalized spacial score (nSPS) is 19.8. The highest BCUT2D eigenvalue weighted by Gasteiger charge is 2.32. The Morgan fingerprint density at radius 2 is 1.88 bits per heavy atom. The molecule has 16 heavy (non-hydrogen) atoms. The molecule has 2 heteroatoms. The molecule has 2 N–H and O–H groups in total. The molecular weight excluding hydrogens is 196 g/mol. The molecule has 1 fully saturated rings. The second kappa shape index (κ2) is 4.98. The van der Waals surface area contributed by atoms with Crippen LogP contribution in [0.5, 0.6) is 0 Å². The standard InChI is InChI=1S/C14H22N2/c1-11(2)14(15)13-9-16(10-13)8-12-6-4-3-5-7-12/h3-7,11,13-14H,8-10,15H2,1-2H3. The van der Waals surface area contributed by atoms with Crippen molar-refractivity contribution >= 4 is 0 Å². The third kappa shape index (κ3) is 2.63. The lowest BCUT2D eigenvalue weighted by Gasteiger charge is -2.43. The van der Waals surface area contributed by atoms with Crippen molar-refractivity contribution in [3.63, 3.8) is 0 Å². The van der Waals surface area contributed by atoms with Crippen LogP contribution in [0.2, 0.25) is 0 Å². The number of nitrogens with two attached hydrogens (primary N) is 1. The van der Waals surface area contributed by atoms with E-state index in [1.807, 2.05) is 0 Å². The zero-order chi connectivity index (χ0) is 11.5. The molecule has 1 heterocycles. The molecule has 1 aromatic carbocycles. The van der Waals surface area contributed by atoms with E-state index in [-0.39, 0.29) is 0 Å². The SMILES string of the molecule is CC(C)C(N)C1CN(Cc2ccccc2)C1. The highest BCUT2D eigenvalue weighted by Crippen LogP contribution is 2.23. The Hall–Kier alpha value is -0.860. The van der Waals surface area contributed by atoms with Crippen LogP contribution in [0.15, 0.2) is 30.3 Å². The number of rotatable bonds is 4. The van der Waals surface area contributed by atoms with E-state index in [4.69, 9.17) is 5.73 Å². The van der Waals surface area contributed by atoms with Gasteiger partial charge in [0.2, 0.25) is 0 Å². The number of nitrogens with zero attached hydrogens (tertiary/aromatic N) is 1. The molecule has 0 aliphatic carbocycles. The molecule has 2 rings (SSSR count). The number of hydrogen-bond donors (Lipinski definition) is 1. The zero-order valence-electron chi connectivity index (χ0n) is 10.3. The fraction of sp³-hybridized carbons (Fsp3) is 0.571. The Morgan fingerprint density at radius 3 is 2.44 bits per heavy atom. The van der Waals surface area contributed by atoms with Crippen LogP contribution in [0.3, 0.4) is 0 Å². The van der Waals surface area contributed by atoms with Gasteiger partial charge in [0.05, 0.1) is 0 Å². The summed E-state index contributed by atoms with van der Waals surface area (Å²) in [6.07, 6.45) is 0. The van der Waals surface area contributed by atoms with E-state index in [1.54, 1.807) is 0 Å². The molecule has 1 aromatic rings. The van der Waals surface area contributed by atoms with E-state index in [0.717, 1.165) is 19.6 Å². The molecule has 0 amide bonds. The molecular formula is C14H22N2. The summed E-state index contributed by atoms with van der Waals surface area (Å²) in [6.45, 7) is 7.82. The largest absolute Gasteiger partial charge is 0.327 e. The average Bonchev–Trinajstić information content (AvgIpc) is 2.23. The van der Waals surface area contributed by atoms with Crippen LogP contribution in [-0.4, -0.2) is 24.0 Å². The molecule has 0 aromatic heterocycles. The van der Waals surface area contributed by atoms with Crippen molar-refractivity contribution in [2.45, 2.75) is 26.4 Å². The molecule has 1 atom stereocenters. The summed E-state index contributed by atoms with van der Waals surface area (Å²) in [5.74, 6) is 1.30. The summed E-state index contributed by atoms with van der Waals surface area (Å²) in [5, 5.41) is 0. The Kier molecular flexibility index (Phi) is 3.62. The lowest BCUT2D eigenvalue weighted by atomic mass is 9.85. The fourth-order valence-corrected chi connectivity index (χ4v) is 2.37. The van der Waals surface area contributed by atoms with E-state index in [2.05, 4.69) is 49.1 Å². The first-order chi connectivity index (χ1) is 7.66. The molecule has 0 saturated carbocycles. The fourth-order valence-electron chi connectivity index (χ4n) is 2.37. The molecule has 88 valence electrons. The number of hydrogen-bond acceptors (Lipinski definition) is 2. The zero-order valence-corrected chi connectivity index (χ0v) is 10.3. The van der Waals surface area contributed by atoms with Gasteiger partial charge < -0.3 is 5.73 Å². The maximum Gasteiger partial charge on any atom is 0.0234 e.